The molecule has 0 rings (SSSR count). The molecule has 0 aliphatic heterocycles. The highest BCUT2D eigenvalue weighted by atomic mass is 16.3. The quantitative estimate of drug-likeness (QED) is 0.598. The van der Waals surface area contributed by atoms with E-state index in [1.165, 1.54) is 5.57 Å². The molecule has 0 amide bonds. The Labute approximate surface area is 63.8 Å². The molecule has 1 nitrogen and oxygen atoms in total. The molecule has 60 valence electrons. The van der Waals surface area contributed by atoms with Crippen LogP contribution in [0.25, 0.3) is 0 Å². The van der Waals surface area contributed by atoms with Crippen molar-refractivity contribution in [3.8, 4) is 0 Å². The monoisotopic (exact) mass is 142 g/mol. The fraction of sp³-hybridized carbons (Fsp3) is 0.778. The molecule has 0 saturated heterocycles. The normalized spacial score (nSPS) is 15.4. The number of aliphatic hydroxyl groups is 1. The first-order valence-corrected chi connectivity index (χ1v) is 4.00. The predicted octanol–water partition coefficient (Wildman–Crippen LogP) is 2.50. The summed E-state index contributed by atoms with van der Waals surface area (Å²) >= 11 is 0. The Kier molecular flexibility index (Phi) is 5.32. The van der Waals surface area contributed by atoms with Crippen molar-refractivity contribution < 1.29 is 5.11 Å². The summed E-state index contributed by atoms with van der Waals surface area (Å²) in [5.74, 6) is 0. The first-order chi connectivity index (χ1) is 4.66. The standard InChI is InChI=1S/C9H18O/c1-4-8(2)6-5-7-9(3)10/h6,9-10H,4-5,7H2,1-3H3/b8-6+/t9-/m0/s1. The Hall–Kier alpha value is -0.300. The molecule has 0 aromatic carbocycles. The third-order valence-electron chi connectivity index (χ3n) is 1.63. The molecule has 0 aromatic rings. The number of rotatable bonds is 4. The lowest BCUT2D eigenvalue weighted by molar-refractivity contribution is 0.186. The number of allylic oxidation sites excluding steroid dienone is 2. The molecule has 0 saturated carbocycles. The molecule has 0 aromatic heterocycles. The molecule has 1 atom stereocenters. The molecular formula is C9H18O. The first kappa shape index (κ1) is 9.70. The summed E-state index contributed by atoms with van der Waals surface area (Å²) in [5.41, 5.74) is 1.42. The summed E-state index contributed by atoms with van der Waals surface area (Å²) in [4.78, 5) is 0. The maximum absolute atomic E-state index is 8.91. The van der Waals surface area contributed by atoms with Crippen molar-refractivity contribution in [2.24, 2.45) is 0 Å². The van der Waals surface area contributed by atoms with Gasteiger partial charge < -0.3 is 5.11 Å². The summed E-state index contributed by atoms with van der Waals surface area (Å²) in [6.45, 7) is 6.10. The van der Waals surface area contributed by atoms with E-state index in [0.29, 0.717) is 0 Å². The Balaban J connectivity index is 3.34. The summed E-state index contributed by atoms with van der Waals surface area (Å²) in [6.07, 6.45) is 5.07. The van der Waals surface area contributed by atoms with Crippen molar-refractivity contribution in [1.82, 2.24) is 0 Å². The van der Waals surface area contributed by atoms with Gasteiger partial charge in [-0.3, -0.25) is 0 Å². The highest BCUT2D eigenvalue weighted by molar-refractivity contribution is 4.96. The maximum Gasteiger partial charge on any atom is 0.0515 e. The van der Waals surface area contributed by atoms with Crippen molar-refractivity contribution in [3.05, 3.63) is 11.6 Å². The molecule has 0 fully saturated rings. The summed E-state index contributed by atoms with van der Waals surface area (Å²) in [5, 5.41) is 8.91. The van der Waals surface area contributed by atoms with Gasteiger partial charge in [-0.2, -0.15) is 0 Å². The molecule has 0 radical (unpaired) electrons. The second-order valence-corrected chi connectivity index (χ2v) is 2.83. The topological polar surface area (TPSA) is 20.2 Å². The van der Waals surface area contributed by atoms with Gasteiger partial charge in [0, 0.05) is 0 Å². The van der Waals surface area contributed by atoms with E-state index in [1.54, 1.807) is 0 Å². The first-order valence-electron chi connectivity index (χ1n) is 4.00. The van der Waals surface area contributed by atoms with Crippen LogP contribution < -0.4 is 0 Å². The Bertz CT molecular complexity index is 103. The van der Waals surface area contributed by atoms with Gasteiger partial charge in [-0.05, 0) is 33.1 Å². The lowest BCUT2D eigenvalue weighted by Gasteiger charge is -2.00. The molecule has 10 heavy (non-hydrogen) atoms. The number of hydrogen-bond acceptors (Lipinski definition) is 1. The zero-order chi connectivity index (χ0) is 7.98. The van der Waals surface area contributed by atoms with E-state index in [-0.39, 0.29) is 6.10 Å². The van der Waals surface area contributed by atoms with Gasteiger partial charge in [-0.1, -0.05) is 18.6 Å². The van der Waals surface area contributed by atoms with E-state index in [9.17, 15) is 0 Å². The Morgan fingerprint density at radius 2 is 2.20 bits per heavy atom. The fourth-order valence-corrected chi connectivity index (χ4v) is 0.715. The highest BCUT2D eigenvalue weighted by Gasteiger charge is 1.91. The van der Waals surface area contributed by atoms with Crippen LogP contribution in [-0.2, 0) is 0 Å². The van der Waals surface area contributed by atoms with Crippen LogP contribution in [0.4, 0.5) is 0 Å². The minimum Gasteiger partial charge on any atom is -0.393 e. The minimum absolute atomic E-state index is 0.152. The van der Waals surface area contributed by atoms with Crippen molar-refractivity contribution in [2.75, 3.05) is 0 Å². The van der Waals surface area contributed by atoms with Crippen LogP contribution in [-0.4, -0.2) is 11.2 Å². The van der Waals surface area contributed by atoms with Gasteiger partial charge in [0.05, 0.1) is 6.10 Å². The highest BCUT2D eigenvalue weighted by Crippen LogP contribution is 2.03. The van der Waals surface area contributed by atoms with Gasteiger partial charge in [0.15, 0.2) is 0 Å². The van der Waals surface area contributed by atoms with Crippen molar-refractivity contribution >= 4 is 0 Å². The number of hydrogen-bond donors (Lipinski definition) is 1. The molecule has 0 aliphatic rings. The molecule has 0 heterocycles. The van der Waals surface area contributed by atoms with Gasteiger partial charge in [0.1, 0.15) is 0 Å². The summed E-state index contributed by atoms with van der Waals surface area (Å²) < 4.78 is 0. The lowest BCUT2D eigenvalue weighted by Crippen LogP contribution is -1.97. The second-order valence-electron chi connectivity index (χ2n) is 2.83. The van der Waals surface area contributed by atoms with Crippen LogP contribution >= 0.6 is 0 Å². The smallest absolute Gasteiger partial charge is 0.0515 e. The minimum atomic E-state index is -0.152. The predicted molar refractivity (Wildman–Crippen MR) is 45.0 cm³/mol. The van der Waals surface area contributed by atoms with Gasteiger partial charge in [-0.15, -0.1) is 0 Å². The Morgan fingerprint density at radius 3 is 2.60 bits per heavy atom. The average molecular weight is 142 g/mol. The second kappa shape index (κ2) is 5.48. The van der Waals surface area contributed by atoms with E-state index in [1.807, 2.05) is 6.92 Å². The zero-order valence-corrected chi connectivity index (χ0v) is 7.22. The van der Waals surface area contributed by atoms with E-state index >= 15 is 0 Å². The third kappa shape index (κ3) is 5.83. The van der Waals surface area contributed by atoms with Crippen molar-refractivity contribution in [3.63, 3.8) is 0 Å². The van der Waals surface area contributed by atoms with Gasteiger partial charge >= 0.3 is 0 Å². The van der Waals surface area contributed by atoms with E-state index in [4.69, 9.17) is 5.11 Å². The van der Waals surface area contributed by atoms with Crippen LogP contribution in [0.15, 0.2) is 11.6 Å². The van der Waals surface area contributed by atoms with E-state index < -0.39 is 0 Å². The molecule has 0 spiro atoms. The molecular weight excluding hydrogens is 124 g/mol. The van der Waals surface area contributed by atoms with Crippen LogP contribution in [0.1, 0.15) is 40.0 Å². The zero-order valence-electron chi connectivity index (χ0n) is 7.22. The summed E-state index contributed by atoms with van der Waals surface area (Å²) in [6, 6.07) is 0. The summed E-state index contributed by atoms with van der Waals surface area (Å²) in [7, 11) is 0. The van der Waals surface area contributed by atoms with Gasteiger partial charge in [0.2, 0.25) is 0 Å². The van der Waals surface area contributed by atoms with E-state index in [2.05, 4.69) is 19.9 Å². The maximum atomic E-state index is 8.91. The van der Waals surface area contributed by atoms with Crippen molar-refractivity contribution in [2.45, 2.75) is 46.1 Å². The fourth-order valence-electron chi connectivity index (χ4n) is 0.715. The van der Waals surface area contributed by atoms with Crippen LogP contribution in [0.3, 0.4) is 0 Å². The number of aliphatic hydroxyl groups excluding tert-OH is 1. The van der Waals surface area contributed by atoms with Crippen LogP contribution in [0.2, 0.25) is 0 Å². The largest absolute Gasteiger partial charge is 0.393 e. The van der Waals surface area contributed by atoms with Crippen molar-refractivity contribution in [1.29, 1.82) is 0 Å². The molecule has 0 bridgehead atoms. The molecule has 0 unspecified atom stereocenters. The van der Waals surface area contributed by atoms with Gasteiger partial charge in [0.25, 0.3) is 0 Å². The lowest BCUT2D eigenvalue weighted by atomic mass is 10.1. The Morgan fingerprint density at radius 1 is 1.60 bits per heavy atom. The average Bonchev–Trinajstić information content (AvgIpc) is 1.87. The molecule has 1 heteroatoms. The van der Waals surface area contributed by atoms with Crippen LogP contribution in [0.5, 0.6) is 0 Å². The molecule has 1 N–H and O–H groups in total. The van der Waals surface area contributed by atoms with Gasteiger partial charge in [-0.25, -0.2) is 0 Å². The van der Waals surface area contributed by atoms with E-state index in [0.717, 1.165) is 19.3 Å². The molecule has 0 aliphatic carbocycles. The SMILES string of the molecule is CC/C(C)=C/CC[C@H](C)O. The van der Waals surface area contributed by atoms with Crippen LogP contribution in [0, 0.1) is 0 Å². The third-order valence-corrected chi connectivity index (χ3v) is 1.63.